The largest absolute Gasteiger partial charge is 0.316 e. The summed E-state index contributed by atoms with van der Waals surface area (Å²) in [5.74, 6) is 0.837. The molecule has 3 heteroatoms. The summed E-state index contributed by atoms with van der Waals surface area (Å²) in [6, 6.07) is 0. The van der Waals surface area contributed by atoms with Crippen LogP contribution in [0.15, 0.2) is 0 Å². The monoisotopic (exact) mass is 240 g/mol. The molecule has 0 unspecified atom stereocenters. The average molecular weight is 240 g/mol. The lowest BCUT2D eigenvalue weighted by molar-refractivity contribution is 0.452. The molecule has 0 aromatic carbocycles. The number of thiazole rings is 1. The molecule has 92 valence electrons. The van der Waals surface area contributed by atoms with Crippen molar-refractivity contribution in [3.05, 3.63) is 15.6 Å². The van der Waals surface area contributed by atoms with E-state index in [1.807, 2.05) is 11.3 Å². The van der Waals surface area contributed by atoms with Crippen molar-refractivity contribution < 1.29 is 0 Å². The maximum atomic E-state index is 4.45. The number of hydrogen-bond acceptors (Lipinski definition) is 3. The standard InChI is InChI=1S/C13H24N2S/c1-5-12(6-2)9-14-8-7-13-10(3)15-11(4)16-13/h12,14H,5-9H2,1-4H3. The molecule has 0 atom stereocenters. The minimum absolute atomic E-state index is 0.837. The zero-order chi connectivity index (χ0) is 12.0. The molecule has 0 bridgehead atoms. The Kier molecular flexibility index (Phi) is 5.99. The van der Waals surface area contributed by atoms with Gasteiger partial charge in [0.15, 0.2) is 0 Å². The van der Waals surface area contributed by atoms with Crippen LogP contribution < -0.4 is 5.32 Å². The summed E-state index contributed by atoms with van der Waals surface area (Å²) in [5, 5.41) is 4.74. The Labute approximate surface area is 103 Å². The number of hydrogen-bond donors (Lipinski definition) is 1. The van der Waals surface area contributed by atoms with Crippen molar-refractivity contribution in [3.63, 3.8) is 0 Å². The van der Waals surface area contributed by atoms with Crippen molar-refractivity contribution in [3.8, 4) is 0 Å². The van der Waals surface area contributed by atoms with Gasteiger partial charge in [0.25, 0.3) is 0 Å². The van der Waals surface area contributed by atoms with E-state index in [1.54, 1.807) is 0 Å². The fourth-order valence-corrected chi connectivity index (χ4v) is 2.83. The van der Waals surface area contributed by atoms with E-state index in [1.165, 1.54) is 28.4 Å². The van der Waals surface area contributed by atoms with E-state index in [0.717, 1.165) is 25.4 Å². The van der Waals surface area contributed by atoms with E-state index >= 15 is 0 Å². The molecule has 0 spiro atoms. The van der Waals surface area contributed by atoms with E-state index in [0.29, 0.717) is 0 Å². The van der Waals surface area contributed by atoms with Crippen LogP contribution in [0.3, 0.4) is 0 Å². The van der Waals surface area contributed by atoms with Gasteiger partial charge in [-0.05, 0) is 32.7 Å². The summed E-state index contributed by atoms with van der Waals surface area (Å²) in [7, 11) is 0. The highest BCUT2D eigenvalue weighted by Crippen LogP contribution is 2.17. The summed E-state index contributed by atoms with van der Waals surface area (Å²) in [5.41, 5.74) is 1.21. The van der Waals surface area contributed by atoms with Crippen molar-refractivity contribution in [2.24, 2.45) is 5.92 Å². The molecule has 0 amide bonds. The van der Waals surface area contributed by atoms with Crippen LogP contribution in [0, 0.1) is 19.8 Å². The Morgan fingerprint density at radius 3 is 2.44 bits per heavy atom. The topological polar surface area (TPSA) is 24.9 Å². The first kappa shape index (κ1) is 13.7. The van der Waals surface area contributed by atoms with Gasteiger partial charge in [-0.3, -0.25) is 0 Å². The second-order valence-electron chi connectivity index (χ2n) is 4.38. The van der Waals surface area contributed by atoms with Crippen LogP contribution in [-0.4, -0.2) is 18.1 Å². The van der Waals surface area contributed by atoms with Gasteiger partial charge >= 0.3 is 0 Å². The Bertz CT molecular complexity index is 303. The molecule has 1 N–H and O–H groups in total. The van der Waals surface area contributed by atoms with Gasteiger partial charge in [-0.15, -0.1) is 11.3 Å². The molecule has 0 fully saturated rings. The van der Waals surface area contributed by atoms with Gasteiger partial charge < -0.3 is 5.32 Å². The molecule has 1 heterocycles. The lowest BCUT2D eigenvalue weighted by Gasteiger charge is -2.12. The Morgan fingerprint density at radius 1 is 1.25 bits per heavy atom. The van der Waals surface area contributed by atoms with E-state index in [4.69, 9.17) is 0 Å². The smallest absolute Gasteiger partial charge is 0.0900 e. The predicted molar refractivity (Wildman–Crippen MR) is 72.2 cm³/mol. The highest BCUT2D eigenvalue weighted by Gasteiger charge is 2.05. The summed E-state index contributed by atoms with van der Waals surface area (Å²) < 4.78 is 0. The quantitative estimate of drug-likeness (QED) is 0.740. The first-order chi connectivity index (χ1) is 7.67. The van der Waals surface area contributed by atoms with Gasteiger partial charge in [-0.1, -0.05) is 26.7 Å². The fourth-order valence-electron chi connectivity index (χ4n) is 1.89. The van der Waals surface area contributed by atoms with Crippen LogP contribution >= 0.6 is 11.3 Å². The van der Waals surface area contributed by atoms with Crippen LogP contribution in [0.5, 0.6) is 0 Å². The highest BCUT2D eigenvalue weighted by atomic mass is 32.1. The van der Waals surface area contributed by atoms with Crippen molar-refractivity contribution in [1.29, 1.82) is 0 Å². The zero-order valence-electron chi connectivity index (χ0n) is 11.0. The summed E-state index contributed by atoms with van der Waals surface area (Å²) in [4.78, 5) is 5.89. The molecule has 0 aliphatic carbocycles. The second kappa shape index (κ2) is 7.02. The minimum Gasteiger partial charge on any atom is -0.316 e. The first-order valence-electron chi connectivity index (χ1n) is 6.31. The lowest BCUT2D eigenvalue weighted by Crippen LogP contribution is -2.24. The molecule has 0 radical (unpaired) electrons. The first-order valence-corrected chi connectivity index (χ1v) is 7.12. The van der Waals surface area contributed by atoms with Gasteiger partial charge in [0.1, 0.15) is 0 Å². The van der Waals surface area contributed by atoms with E-state index in [-0.39, 0.29) is 0 Å². The van der Waals surface area contributed by atoms with Crippen LogP contribution in [0.4, 0.5) is 0 Å². The summed E-state index contributed by atoms with van der Waals surface area (Å²) >= 11 is 1.83. The average Bonchev–Trinajstić information content (AvgIpc) is 2.58. The van der Waals surface area contributed by atoms with E-state index < -0.39 is 0 Å². The summed E-state index contributed by atoms with van der Waals surface area (Å²) in [6.07, 6.45) is 3.68. The molecular formula is C13H24N2S. The van der Waals surface area contributed by atoms with E-state index in [2.05, 4.69) is 38.0 Å². The fraction of sp³-hybridized carbons (Fsp3) is 0.769. The predicted octanol–water partition coefficient (Wildman–Crippen LogP) is 3.33. The van der Waals surface area contributed by atoms with E-state index in [9.17, 15) is 0 Å². The number of aryl methyl sites for hydroxylation is 2. The van der Waals surface area contributed by atoms with Gasteiger partial charge in [0.05, 0.1) is 10.7 Å². The Balaban J connectivity index is 2.23. The molecule has 0 saturated heterocycles. The molecule has 16 heavy (non-hydrogen) atoms. The molecule has 0 saturated carbocycles. The van der Waals surface area contributed by atoms with Crippen molar-refractivity contribution >= 4 is 11.3 Å². The van der Waals surface area contributed by atoms with Crippen LogP contribution in [0.2, 0.25) is 0 Å². The van der Waals surface area contributed by atoms with Crippen LogP contribution in [0.25, 0.3) is 0 Å². The maximum absolute atomic E-state index is 4.45. The minimum atomic E-state index is 0.837. The van der Waals surface area contributed by atoms with Crippen molar-refractivity contribution in [1.82, 2.24) is 10.3 Å². The molecule has 0 aliphatic heterocycles. The third-order valence-corrected chi connectivity index (χ3v) is 4.25. The Hall–Kier alpha value is -0.410. The number of nitrogens with zero attached hydrogens (tertiary/aromatic N) is 1. The van der Waals surface area contributed by atoms with Gasteiger partial charge in [0.2, 0.25) is 0 Å². The third-order valence-electron chi connectivity index (χ3n) is 3.12. The number of aromatic nitrogens is 1. The maximum Gasteiger partial charge on any atom is 0.0900 e. The third kappa shape index (κ3) is 4.22. The van der Waals surface area contributed by atoms with Crippen molar-refractivity contribution in [2.45, 2.75) is 47.0 Å². The molecule has 2 nitrogen and oxygen atoms in total. The number of rotatable bonds is 7. The normalized spacial score (nSPS) is 11.3. The Morgan fingerprint density at radius 2 is 1.94 bits per heavy atom. The van der Waals surface area contributed by atoms with Gasteiger partial charge in [-0.25, -0.2) is 4.98 Å². The number of nitrogens with one attached hydrogen (secondary N) is 1. The van der Waals surface area contributed by atoms with Crippen molar-refractivity contribution in [2.75, 3.05) is 13.1 Å². The molecular weight excluding hydrogens is 216 g/mol. The second-order valence-corrected chi connectivity index (χ2v) is 5.67. The lowest BCUT2D eigenvalue weighted by atomic mass is 10.0. The molecule has 1 aromatic rings. The van der Waals surface area contributed by atoms with Gasteiger partial charge in [0, 0.05) is 11.4 Å². The van der Waals surface area contributed by atoms with Crippen LogP contribution in [-0.2, 0) is 6.42 Å². The van der Waals surface area contributed by atoms with Crippen LogP contribution in [0.1, 0.15) is 42.3 Å². The zero-order valence-corrected chi connectivity index (χ0v) is 11.8. The molecule has 1 rings (SSSR count). The highest BCUT2D eigenvalue weighted by molar-refractivity contribution is 7.11. The molecule has 0 aliphatic rings. The van der Waals surface area contributed by atoms with Gasteiger partial charge in [-0.2, -0.15) is 0 Å². The SMILES string of the molecule is CCC(CC)CNCCc1sc(C)nc1C. The summed E-state index contributed by atoms with van der Waals surface area (Å²) in [6.45, 7) is 11.0. The molecule has 1 aromatic heterocycles.